The van der Waals surface area contributed by atoms with Gasteiger partial charge in [0.15, 0.2) is 5.96 Å². The van der Waals surface area contributed by atoms with Gasteiger partial charge in [0.05, 0.1) is 13.7 Å². The van der Waals surface area contributed by atoms with Crippen LogP contribution in [0.5, 0.6) is 5.88 Å². The van der Waals surface area contributed by atoms with E-state index in [1.165, 1.54) is 0 Å². The molecule has 0 saturated heterocycles. The molecule has 0 atom stereocenters. The standard InChI is InChI=1S/C12H18N4O/c1-16-9-8-15-12(16)14-7-5-10-4-3-6-13-11(10)17-2/h3-4,6H,5,7-9H2,1-2H3,(H,14,15). The Morgan fingerprint density at radius 2 is 2.41 bits per heavy atom. The molecule has 0 fully saturated rings. The Morgan fingerprint density at radius 3 is 3.12 bits per heavy atom. The van der Waals surface area contributed by atoms with Crippen LogP contribution in [0.1, 0.15) is 5.56 Å². The lowest BCUT2D eigenvalue weighted by Gasteiger charge is -2.15. The number of ether oxygens (including phenoxy) is 1. The van der Waals surface area contributed by atoms with E-state index in [4.69, 9.17) is 4.74 Å². The second kappa shape index (κ2) is 5.52. The zero-order chi connectivity index (χ0) is 12.1. The molecular weight excluding hydrogens is 216 g/mol. The first-order valence-electron chi connectivity index (χ1n) is 5.78. The van der Waals surface area contributed by atoms with E-state index in [9.17, 15) is 0 Å². The van der Waals surface area contributed by atoms with E-state index in [2.05, 4.69) is 20.2 Å². The Labute approximate surface area is 102 Å². The number of nitrogens with one attached hydrogen (secondary N) is 1. The molecule has 2 rings (SSSR count). The molecule has 0 spiro atoms. The van der Waals surface area contributed by atoms with Crippen molar-refractivity contribution in [3.05, 3.63) is 23.9 Å². The topological polar surface area (TPSA) is 49.8 Å². The van der Waals surface area contributed by atoms with Crippen molar-refractivity contribution in [3.8, 4) is 5.88 Å². The number of hydrogen-bond acceptors (Lipinski definition) is 5. The molecule has 1 aromatic heterocycles. The van der Waals surface area contributed by atoms with Gasteiger partial charge in [-0.1, -0.05) is 6.07 Å². The molecule has 2 heterocycles. The second-order valence-electron chi connectivity index (χ2n) is 3.98. The molecule has 1 N–H and O–H groups in total. The number of hydrogen-bond donors (Lipinski definition) is 1. The van der Waals surface area contributed by atoms with E-state index in [-0.39, 0.29) is 0 Å². The predicted molar refractivity (Wildman–Crippen MR) is 67.4 cm³/mol. The molecule has 17 heavy (non-hydrogen) atoms. The third kappa shape index (κ3) is 2.87. The van der Waals surface area contributed by atoms with Crippen molar-refractivity contribution < 1.29 is 4.74 Å². The molecule has 0 saturated carbocycles. The van der Waals surface area contributed by atoms with E-state index in [1.807, 2.05) is 19.2 Å². The Hall–Kier alpha value is -1.78. The number of nitrogens with zero attached hydrogens (tertiary/aromatic N) is 3. The molecule has 1 aliphatic heterocycles. The van der Waals surface area contributed by atoms with Gasteiger partial charge in [-0.3, -0.25) is 4.99 Å². The molecule has 1 aromatic rings. The minimum Gasteiger partial charge on any atom is -0.481 e. The first-order valence-corrected chi connectivity index (χ1v) is 5.78. The monoisotopic (exact) mass is 234 g/mol. The third-order valence-electron chi connectivity index (χ3n) is 2.78. The molecule has 0 radical (unpaired) electrons. The first-order chi connectivity index (χ1) is 8.31. The summed E-state index contributed by atoms with van der Waals surface area (Å²) in [5.41, 5.74) is 1.11. The molecule has 0 aromatic carbocycles. The van der Waals surface area contributed by atoms with Crippen molar-refractivity contribution in [2.24, 2.45) is 4.99 Å². The largest absolute Gasteiger partial charge is 0.481 e. The Bertz CT molecular complexity index is 405. The summed E-state index contributed by atoms with van der Waals surface area (Å²) in [5, 5.41) is 3.32. The fourth-order valence-corrected chi connectivity index (χ4v) is 1.83. The smallest absolute Gasteiger partial charge is 0.216 e. The normalized spacial score (nSPS) is 14.7. The average molecular weight is 234 g/mol. The van der Waals surface area contributed by atoms with Crippen LogP contribution in [0.4, 0.5) is 0 Å². The summed E-state index contributed by atoms with van der Waals surface area (Å²) < 4.78 is 5.21. The lowest BCUT2D eigenvalue weighted by atomic mass is 10.2. The SMILES string of the molecule is COc1ncccc1CCNC1=NCCN1C. The summed E-state index contributed by atoms with van der Waals surface area (Å²) in [6.45, 7) is 2.72. The van der Waals surface area contributed by atoms with Gasteiger partial charge in [-0.25, -0.2) is 4.98 Å². The van der Waals surface area contributed by atoms with Crippen molar-refractivity contribution in [2.75, 3.05) is 33.8 Å². The van der Waals surface area contributed by atoms with Crippen LogP contribution in [0.25, 0.3) is 0 Å². The maximum absolute atomic E-state index is 5.21. The molecule has 0 bridgehead atoms. The molecule has 92 valence electrons. The molecule has 5 heteroatoms. The van der Waals surface area contributed by atoms with Crippen molar-refractivity contribution >= 4 is 5.96 Å². The summed E-state index contributed by atoms with van der Waals surface area (Å²) in [7, 11) is 3.69. The van der Waals surface area contributed by atoms with Crippen LogP contribution < -0.4 is 10.1 Å². The Morgan fingerprint density at radius 1 is 1.53 bits per heavy atom. The van der Waals surface area contributed by atoms with Crippen LogP contribution in [0.3, 0.4) is 0 Å². The maximum atomic E-state index is 5.21. The second-order valence-corrected chi connectivity index (χ2v) is 3.98. The van der Waals surface area contributed by atoms with Gasteiger partial charge in [0.1, 0.15) is 0 Å². The fourth-order valence-electron chi connectivity index (χ4n) is 1.83. The fraction of sp³-hybridized carbons (Fsp3) is 0.500. The number of pyridine rings is 1. The van der Waals surface area contributed by atoms with Gasteiger partial charge in [0.25, 0.3) is 0 Å². The predicted octanol–water partition coefficient (Wildman–Crippen LogP) is 0.524. The lowest BCUT2D eigenvalue weighted by Crippen LogP contribution is -2.36. The molecule has 0 unspecified atom stereocenters. The van der Waals surface area contributed by atoms with E-state index in [0.717, 1.165) is 37.6 Å². The molecule has 1 aliphatic rings. The highest BCUT2D eigenvalue weighted by atomic mass is 16.5. The quantitative estimate of drug-likeness (QED) is 0.825. The van der Waals surface area contributed by atoms with Gasteiger partial charge < -0.3 is 15.0 Å². The Balaban J connectivity index is 1.85. The lowest BCUT2D eigenvalue weighted by molar-refractivity contribution is 0.392. The number of guanidine groups is 1. The van der Waals surface area contributed by atoms with Crippen molar-refractivity contribution in [1.82, 2.24) is 15.2 Å². The van der Waals surface area contributed by atoms with Crippen LogP contribution in [0, 0.1) is 0 Å². The summed E-state index contributed by atoms with van der Waals surface area (Å²) in [6, 6.07) is 3.96. The van der Waals surface area contributed by atoms with Gasteiger partial charge in [-0.15, -0.1) is 0 Å². The highest BCUT2D eigenvalue weighted by molar-refractivity contribution is 5.81. The summed E-state index contributed by atoms with van der Waals surface area (Å²) in [6.07, 6.45) is 2.62. The van der Waals surface area contributed by atoms with Crippen molar-refractivity contribution in [1.29, 1.82) is 0 Å². The third-order valence-corrected chi connectivity index (χ3v) is 2.78. The zero-order valence-electron chi connectivity index (χ0n) is 10.3. The van der Waals surface area contributed by atoms with E-state index >= 15 is 0 Å². The van der Waals surface area contributed by atoms with Gasteiger partial charge in [-0.05, 0) is 12.5 Å². The van der Waals surface area contributed by atoms with Crippen molar-refractivity contribution in [3.63, 3.8) is 0 Å². The van der Waals surface area contributed by atoms with E-state index in [0.29, 0.717) is 5.88 Å². The van der Waals surface area contributed by atoms with Gasteiger partial charge in [0.2, 0.25) is 5.88 Å². The molecule has 0 aliphatic carbocycles. The van der Waals surface area contributed by atoms with E-state index < -0.39 is 0 Å². The minimum atomic E-state index is 0.705. The molecular formula is C12H18N4O. The molecule has 5 nitrogen and oxygen atoms in total. The summed E-state index contributed by atoms with van der Waals surface area (Å²) >= 11 is 0. The highest BCUT2D eigenvalue weighted by Gasteiger charge is 2.11. The number of methoxy groups -OCH3 is 1. The van der Waals surface area contributed by atoms with Crippen LogP contribution in [-0.4, -0.2) is 49.6 Å². The minimum absolute atomic E-state index is 0.705. The van der Waals surface area contributed by atoms with Crippen LogP contribution in [0.15, 0.2) is 23.3 Å². The van der Waals surface area contributed by atoms with Crippen molar-refractivity contribution in [2.45, 2.75) is 6.42 Å². The highest BCUT2D eigenvalue weighted by Crippen LogP contribution is 2.13. The first kappa shape index (κ1) is 11.7. The van der Waals surface area contributed by atoms with Crippen LogP contribution >= 0.6 is 0 Å². The average Bonchev–Trinajstić information content (AvgIpc) is 2.76. The van der Waals surface area contributed by atoms with Crippen LogP contribution in [-0.2, 0) is 6.42 Å². The number of aromatic nitrogens is 1. The number of likely N-dealkylation sites (N-methyl/N-ethyl adjacent to an activating group) is 1. The van der Waals surface area contributed by atoms with E-state index in [1.54, 1.807) is 13.3 Å². The molecule has 0 amide bonds. The zero-order valence-corrected chi connectivity index (χ0v) is 10.3. The van der Waals surface area contributed by atoms with Gasteiger partial charge in [0, 0.05) is 31.9 Å². The van der Waals surface area contributed by atoms with Gasteiger partial charge in [-0.2, -0.15) is 0 Å². The number of aliphatic imine (C=N–C) groups is 1. The number of rotatable bonds is 4. The Kier molecular flexibility index (Phi) is 3.80. The maximum Gasteiger partial charge on any atom is 0.216 e. The van der Waals surface area contributed by atoms with Gasteiger partial charge >= 0.3 is 0 Å². The van der Waals surface area contributed by atoms with Crippen LogP contribution in [0.2, 0.25) is 0 Å². The summed E-state index contributed by atoms with van der Waals surface area (Å²) in [5.74, 6) is 1.68. The summed E-state index contributed by atoms with van der Waals surface area (Å²) in [4.78, 5) is 10.7.